The maximum absolute atomic E-state index is 12.1. The minimum absolute atomic E-state index is 0.0229. The van der Waals surface area contributed by atoms with Gasteiger partial charge in [-0.3, -0.25) is 19.4 Å². The van der Waals surface area contributed by atoms with Gasteiger partial charge in [0.05, 0.1) is 11.4 Å². The van der Waals surface area contributed by atoms with Gasteiger partial charge in [0, 0.05) is 50.4 Å². The zero-order valence-corrected chi connectivity index (χ0v) is 15.7. The molecule has 0 unspecified atom stereocenters. The lowest BCUT2D eigenvalue weighted by molar-refractivity contribution is 0.203. The van der Waals surface area contributed by atoms with Gasteiger partial charge in [-0.25, -0.2) is 4.98 Å². The monoisotopic (exact) mass is 356 g/mol. The third kappa shape index (κ3) is 3.67. The molecule has 140 valence electrons. The summed E-state index contributed by atoms with van der Waals surface area (Å²) in [6.45, 7) is 7.08. The van der Waals surface area contributed by atoms with E-state index in [1.54, 1.807) is 6.07 Å². The van der Waals surface area contributed by atoms with Gasteiger partial charge in [0.2, 0.25) is 5.95 Å². The number of aromatic nitrogens is 4. The highest BCUT2D eigenvalue weighted by molar-refractivity contribution is 5.32. The van der Waals surface area contributed by atoms with E-state index in [9.17, 15) is 4.79 Å². The van der Waals surface area contributed by atoms with Crippen LogP contribution >= 0.6 is 0 Å². The molecule has 0 saturated carbocycles. The number of nitrogens with one attached hydrogen (secondary N) is 1. The van der Waals surface area contributed by atoms with Crippen molar-refractivity contribution in [3.63, 3.8) is 0 Å². The third-order valence-corrected chi connectivity index (χ3v) is 5.67. The zero-order valence-electron chi connectivity index (χ0n) is 15.7. The fourth-order valence-corrected chi connectivity index (χ4v) is 4.18. The lowest BCUT2D eigenvalue weighted by Gasteiger charge is -2.31. The van der Waals surface area contributed by atoms with E-state index < -0.39 is 0 Å². The number of hydrogen-bond donors (Lipinski definition) is 1. The highest BCUT2D eigenvalue weighted by Crippen LogP contribution is 2.28. The summed E-state index contributed by atoms with van der Waals surface area (Å²) in [5.74, 6) is 1.14. The van der Waals surface area contributed by atoms with Crippen LogP contribution in [0.4, 0.5) is 5.95 Å². The first kappa shape index (κ1) is 17.3. The summed E-state index contributed by atoms with van der Waals surface area (Å²) >= 11 is 0. The van der Waals surface area contributed by atoms with Crippen LogP contribution < -0.4 is 10.5 Å². The lowest BCUT2D eigenvalue weighted by Crippen LogP contribution is -2.33. The average Bonchev–Trinajstić information content (AvgIpc) is 3.25. The standard InChI is InChI=1S/C19H28N6O/c1-14-16(12-23(2)22-14)13-24-9-5-15(6-10-24)17-11-18(26)21-19(20-17)25-7-3-4-8-25/h11-12,15H,3-10,13H2,1-2H3,(H,20,21,26). The molecule has 0 aromatic carbocycles. The average molecular weight is 356 g/mol. The first-order valence-electron chi connectivity index (χ1n) is 9.66. The number of aromatic amines is 1. The van der Waals surface area contributed by atoms with Crippen LogP contribution in [0.15, 0.2) is 17.1 Å². The van der Waals surface area contributed by atoms with Crippen LogP contribution in [0.3, 0.4) is 0 Å². The summed E-state index contributed by atoms with van der Waals surface area (Å²) in [5.41, 5.74) is 3.36. The fraction of sp³-hybridized carbons (Fsp3) is 0.632. The van der Waals surface area contributed by atoms with Crippen molar-refractivity contribution in [2.45, 2.75) is 45.1 Å². The van der Waals surface area contributed by atoms with Gasteiger partial charge in [0.25, 0.3) is 5.56 Å². The number of hydrogen-bond acceptors (Lipinski definition) is 5. The summed E-state index contributed by atoms with van der Waals surface area (Å²) < 4.78 is 1.89. The largest absolute Gasteiger partial charge is 0.342 e. The number of nitrogens with zero attached hydrogens (tertiary/aromatic N) is 5. The van der Waals surface area contributed by atoms with Crippen LogP contribution in [0.5, 0.6) is 0 Å². The number of H-pyrrole nitrogens is 1. The molecule has 0 atom stereocenters. The molecule has 26 heavy (non-hydrogen) atoms. The third-order valence-electron chi connectivity index (χ3n) is 5.67. The minimum atomic E-state index is -0.0229. The van der Waals surface area contributed by atoms with Gasteiger partial charge in [-0.05, 0) is 45.7 Å². The quantitative estimate of drug-likeness (QED) is 0.904. The Balaban J connectivity index is 1.41. The second kappa shape index (κ2) is 7.23. The smallest absolute Gasteiger partial charge is 0.252 e. The molecule has 2 aromatic rings. The predicted molar refractivity (Wildman–Crippen MR) is 102 cm³/mol. The molecule has 7 heteroatoms. The normalized spacial score (nSPS) is 19.4. The Labute approximate surface area is 154 Å². The Hall–Kier alpha value is -2.15. The molecule has 1 N–H and O–H groups in total. The molecule has 0 amide bonds. The molecule has 7 nitrogen and oxygen atoms in total. The maximum Gasteiger partial charge on any atom is 0.252 e. The Morgan fingerprint density at radius 3 is 2.58 bits per heavy atom. The van der Waals surface area contributed by atoms with Crippen LogP contribution in [-0.4, -0.2) is 50.8 Å². The van der Waals surface area contributed by atoms with Crippen LogP contribution in [0, 0.1) is 6.92 Å². The van der Waals surface area contributed by atoms with Gasteiger partial charge < -0.3 is 4.90 Å². The summed E-state index contributed by atoms with van der Waals surface area (Å²) in [6, 6.07) is 1.70. The van der Waals surface area contributed by atoms with Gasteiger partial charge in [-0.15, -0.1) is 0 Å². The van der Waals surface area contributed by atoms with Crippen LogP contribution in [-0.2, 0) is 13.6 Å². The topological polar surface area (TPSA) is 70.1 Å². The van der Waals surface area contributed by atoms with E-state index in [0.717, 1.165) is 62.9 Å². The van der Waals surface area contributed by atoms with Gasteiger partial charge >= 0.3 is 0 Å². The van der Waals surface area contributed by atoms with Crippen LogP contribution in [0.2, 0.25) is 0 Å². The Bertz CT molecular complexity index is 812. The van der Waals surface area contributed by atoms with Crippen molar-refractivity contribution < 1.29 is 0 Å². The molecular formula is C19H28N6O. The molecule has 0 bridgehead atoms. The molecule has 4 rings (SSSR count). The van der Waals surface area contributed by atoms with E-state index in [1.165, 1.54) is 18.4 Å². The number of anilines is 1. The SMILES string of the molecule is Cc1nn(C)cc1CN1CCC(c2cc(=O)[nH]c(N3CCCC3)n2)CC1. The molecule has 2 fully saturated rings. The Morgan fingerprint density at radius 1 is 1.19 bits per heavy atom. The van der Waals surface area contributed by atoms with E-state index in [4.69, 9.17) is 4.98 Å². The van der Waals surface area contributed by atoms with Crippen molar-refractivity contribution in [3.05, 3.63) is 39.6 Å². The second-order valence-electron chi connectivity index (χ2n) is 7.65. The van der Waals surface area contributed by atoms with E-state index in [2.05, 4.69) is 33.0 Å². The molecule has 0 spiro atoms. The second-order valence-corrected chi connectivity index (χ2v) is 7.65. The first-order chi connectivity index (χ1) is 12.6. The molecule has 2 aromatic heterocycles. The molecule has 4 heterocycles. The zero-order chi connectivity index (χ0) is 18.1. The molecule has 0 aliphatic carbocycles. The number of piperidine rings is 1. The van der Waals surface area contributed by atoms with E-state index in [1.807, 2.05) is 11.7 Å². The van der Waals surface area contributed by atoms with Crippen molar-refractivity contribution in [1.29, 1.82) is 0 Å². The van der Waals surface area contributed by atoms with Gasteiger partial charge in [0.1, 0.15) is 0 Å². The predicted octanol–water partition coefficient (Wildman–Crippen LogP) is 1.79. The molecule has 2 saturated heterocycles. The van der Waals surface area contributed by atoms with Crippen LogP contribution in [0.25, 0.3) is 0 Å². The van der Waals surface area contributed by atoms with Crippen molar-refractivity contribution in [2.75, 3.05) is 31.1 Å². The number of likely N-dealkylation sites (tertiary alicyclic amines) is 1. The summed E-state index contributed by atoms with van der Waals surface area (Å²) in [5, 5.41) is 4.43. The van der Waals surface area contributed by atoms with Gasteiger partial charge in [-0.2, -0.15) is 5.10 Å². The lowest BCUT2D eigenvalue weighted by atomic mass is 9.93. The van der Waals surface area contributed by atoms with E-state index in [0.29, 0.717) is 5.92 Å². The van der Waals surface area contributed by atoms with Crippen molar-refractivity contribution >= 4 is 5.95 Å². The number of aryl methyl sites for hydroxylation is 2. The Kier molecular flexibility index (Phi) is 4.80. The highest BCUT2D eigenvalue weighted by atomic mass is 16.1. The maximum atomic E-state index is 12.1. The summed E-state index contributed by atoms with van der Waals surface area (Å²) in [7, 11) is 1.97. The summed E-state index contributed by atoms with van der Waals surface area (Å²) in [6.07, 6.45) is 6.58. The molecular weight excluding hydrogens is 328 g/mol. The van der Waals surface area contributed by atoms with E-state index >= 15 is 0 Å². The molecule has 2 aliphatic heterocycles. The van der Waals surface area contributed by atoms with Crippen LogP contribution in [0.1, 0.15) is 48.6 Å². The van der Waals surface area contributed by atoms with Gasteiger partial charge in [0.15, 0.2) is 0 Å². The Morgan fingerprint density at radius 2 is 1.92 bits per heavy atom. The fourth-order valence-electron chi connectivity index (χ4n) is 4.18. The minimum Gasteiger partial charge on any atom is -0.342 e. The molecule has 2 aliphatic rings. The first-order valence-corrected chi connectivity index (χ1v) is 9.66. The highest BCUT2D eigenvalue weighted by Gasteiger charge is 2.24. The van der Waals surface area contributed by atoms with E-state index in [-0.39, 0.29) is 5.56 Å². The van der Waals surface area contributed by atoms with Crippen molar-refractivity contribution in [2.24, 2.45) is 7.05 Å². The van der Waals surface area contributed by atoms with Crippen molar-refractivity contribution in [1.82, 2.24) is 24.6 Å². The summed E-state index contributed by atoms with van der Waals surface area (Å²) in [4.78, 5) is 24.5. The molecule has 0 radical (unpaired) electrons. The van der Waals surface area contributed by atoms with Crippen molar-refractivity contribution in [3.8, 4) is 0 Å². The van der Waals surface area contributed by atoms with Gasteiger partial charge in [-0.1, -0.05) is 0 Å². The number of rotatable bonds is 4.